The first kappa shape index (κ1) is 21.8. The van der Waals surface area contributed by atoms with Gasteiger partial charge in [0.1, 0.15) is 11.6 Å². The van der Waals surface area contributed by atoms with Gasteiger partial charge < -0.3 is 16.2 Å². The predicted molar refractivity (Wildman–Crippen MR) is 121 cm³/mol. The molecule has 0 saturated heterocycles. The monoisotopic (exact) mass is 434 g/mol. The van der Waals surface area contributed by atoms with Crippen LogP contribution >= 0.6 is 0 Å². The predicted octanol–water partition coefficient (Wildman–Crippen LogP) is 4.54. The molecule has 1 saturated carbocycles. The second kappa shape index (κ2) is 8.26. The number of rotatable bonds is 6. The van der Waals surface area contributed by atoms with Gasteiger partial charge in [-0.2, -0.15) is 0 Å². The highest BCUT2D eigenvalue weighted by Crippen LogP contribution is 2.55. The van der Waals surface area contributed by atoms with Crippen LogP contribution in [0.3, 0.4) is 0 Å². The number of hydrogen-bond acceptors (Lipinski definition) is 3. The van der Waals surface area contributed by atoms with Gasteiger partial charge in [-0.25, -0.2) is 4.39 Å². The number of primary amides is 1. The van der Waals surface area contributed by atoms with E-state index in [-0.39, 0.29) is 24.0 Å². The van der Waals surface area contributed by atoms with Crippen molar-refractivity contribution < 1.29 is 19.1 Å². The van der Waals surface area contributed by atoms with E-state index in [0.717, 1.165) is 24.0 Å². The molecule has 0 aromatic heterocycles. The molecule has 0 bridgehead atoms. The maximum absolute atomic E-state index is 14.8. The van der Waals surface area contributed by atoms with Gasteiger partial charge in [-0.05, 0) is 73.9 Å². The van der Waals surface area contributed by atoms with E-state index in [9.17, 15) is 19.1 Å². The smallest absolute Gasteiger partial charge is 0.251 e. The normalized spacial score (nSPS) is 20.7. The largest absolute Gasteiger partial charge is 0.507 e. The van der Waals surface area contributed by atoms with Gasteiger partial charge in [-0.15, -0.1) is 0 Å². The summed E-state index contributed by atoms with van der Waals surface area (Å²) >= 11 is 0. The fourth-order valence-electron chi connectivity index (χ4n) is 4.39. The summed E-state index contributed by atoms with van der Waals surface area (Å²) in [5.41, 5.74) is 8.35. The van der Waals surface area contributed by atoms with Gasteiger partial charge in [0.25, 0.3) is 5.91 Å². The lowest BCUT2D eigenvalue weighted by Gasteiger charge is -2.33. The minimum Gasteiger partial charge on any atom is -0.507 e. The Kier molecular flexibility index (Phi) is 5.63. The fourth-order valence-corrected chi connectivity index (χ4v) is 4.39. The molecule has 1 atom stereocenters. The quantitative estimate of drug-likeness (QED) is 0.623. The van der Waals surface area contributed by atoms with E-state index in [2.05, 4.69) is 5.32 Å². The number of nitrogens with two attached hydrogens (primary N) is 1. The minimum atomic E-state index is -1.07. The Hall–Kier alpha value is -3.41. The zero-order valence-corrected chi connectivity index (χ0v) is 18.2. The van der Waals surface area contributed by atoms with Crippen LogP contribution in [-0.2, 0) is 11.3 Å². The molecule has 6 heteroatoms. The molecule has 2 aromatic rings. The Morgan fingerprint density at radius 3 is 2.44 bits per heavy atom. The molecule has 0 radical (unpaired) electrons. The van der Waals surface area contributed by atoms with Crippen LogP contribution in [0.25, 0.3) is 5.57 Å². The number of amides is 2. The molecule has 166 valence electrons. The summed E-state index contributed by atoms with van der Waals surface area (Å²) in [6, 6.07) is 12.4. The number of aryl methyl sites for hydroxylation is 1. The van der Waals surface area contributed by atoms with Crippen molar-refractivity contribution >= 4 is 17.4 Å². The first-order valence-electron chi connectivity index (χ1n) is 10.8. The Balaban J connectivity index is 1.56. The van der Waals surface area contributed by atoms with E-state index < -0.39 is 17.1 Å². The molecular formula is C26H27FN2O3. The molecule has 1 fully saturated rings. The highest BCUT2D eigenvalue weighted by molar-refractivity contribution is 5.96. The molecule has 0 spiro atoms. The van der Waals surface area contributed by atoms with Crippen molar-refractivity contribution in [3.8, 4) is 5.75 Å². The number of benzene rings is 2. The van der Waals surface area contributed by atoms with Crippen LogP contribution in [-0.4, -0.2) is 16.9 Å². The van der Waals surface area contributed by atoms with Gasteiger partial charge in [-0.1, -0.05) is 35.9 Å². The lowest BCUT2D eigenvalue weighted by molar-refractivity contribution is -0.126. The second-order valence-corrected chi connectivity index (χ2v) is 8.85. The van der Waals surface area contributed by atoms with Crippen LogP contribution in [0.2, 0.25) is 0 Å². The Morgan fingerprint density at radius 2 is 1.84 bits per heavy atom. The van der Waals surface area contributed by atoms with Gasteiger partial charge in [0.2, 0.25) is 5.91 Å². The molecule has 0 aliphatic heterocycles. The van der Waals surface area contributed by atoms with E-state index in [1.54, 1.807) is 19.1 Å². The zero-order valence-electron chi connectivity index (χ0n) is 18.2. The van der Waals surface area contributed by atoms with Crippen LogP contribution in [0.15, 0.2) is 59.9 Å². The second-order valence-electron chi connectivity index (χ2n) is 8.85. The van der Waals surface area contributed by atoms with Gasteiger partial charge in [-0.3, -0.25) is 9.59 Å². The van der Waals surface area contributed by atoms with Crippen LogP contribution in [0.1, 0.15) is 53.2 Å². The number of carbonyl (C=O) groups excluding carboxylic acids is 2. The number of hydrogen-bond donors (Lipinski definition) is 3. The summed E-state index contributed by atoms with van der Waals surface area (Å²) in [6.07, 6.45) is 3.24. The van der Waals surface area contributed by atoms with E-state index in [1.807, 2.05) is 31.2 Å². The number of phenols is 1. The summed E-state index contributed by atoms with van der Waals surface area (Å²) < 4.78 is 14.8. The molecule has 5 nitrogen and oxygen atoms in total. The summed E-state index contributed by atoms with van der Waals surface area (Å²) in [4.78, 5) is 24.9. The number of allylic oxidation sites excluding steroid dienone is 3. The van der Waals surface area contributed by atoms with Crippen LogP contribution < -0.4 is 11.1 Å². The van der Waals surface area contributed by atoms with Crippen molar-refractivity contribution in [2.24, 2.45) is 17.1 Å². The first-order chi connectivity index (χ1) is 15.2. The number of aromatic hydroxyl groups is 1. The first-order valence-corrected chi connectivity index (χ1v) is 10.8. The number of halogens is 1. The highest BCUT2D eigenvalue weighted by Gasteiger charge is 2.51. The Morgan fingerprint density at radius 1 is 1.16 bits per heavy atom. The van der Waals surface area contributed by atoms with Crippen LogP contribution in [0.5, 0.6) is 5.75 Å². The van der Waals surface area contributed by atoms with E-state index in [1.165, 1.54) is 12.1 Å². The van der Waals surface area contributed by atoms with Gasteiger partial charge in [0.15, 0.2) is 0 Å². The van der Waals surface area contributed by atoms with Gasteiger partial charge in [0, 0.05) is 17.7 Å². The van der Waals surface area contributed by atoms with Crippen molar-refractivity contribution in [1.82, 2.24) is 5.32 Å². The number of phenolic OH excluding ortho intramolecular Hbond substituents is 1. The molecule has 0 heterocycles. The fraction of sp³-hybridized carbons (Fsp3) is 0.308. The maximum Gasteiger partial charge on any atom is 0.251 e. The van der Waals surface area contributed by atoms with Gasteiger partial charge in [0.05, 0.1) is 5.41 Å². The average Bonchev–Trinajstić information content (AvgIpc) is 3.61. The van der Waals surface area contributed by atoms with Gasteiger partial charge >= 0.3 is 0 Å². The Labute approximate surface area is 186 Å². The minimum absolute atomic E-state index is 0.0165. The molecule has 2 amide bonds. The van der Waals surface area contributed by atoms with Crippen LogP contribution in [0, 0.1) is 18.3 Å². The third-order valence-electron chi connectivity index (χ3n) is 6.59. The van der Waals surface area contributed by atoms with E-state index in [0.29, 0.717) is 28.8 Å². The summed E-state index contributed by atoms with van der Waals surface area (Å²) in [5.74, 6) is -1.48. The summed E-state index contributed by atoms with van der Waals surface area (Å²) in [5, 5.41) is 13.5. The number of nitrogens with one attached hydrogen (secondary N) is 1. The average molecular weight is 435 g/mol. The molecule has 4 rings (SSSR count). The third-order valence-corrected chi connectivity index (χ3v) is 6.59. The van der Waals surface area contributed by atoms with E-state index in [4.69, 9.17) is 5.73 Å². The standard InChI is InChI=1S/C26H27FN2O3/c1-15-3-5-17(6-4-15)14-29-24(31)18-7-10-20(23(30)11-18)21-12-26(25(28)32,19-8-9-19)13-22(27)16(21)2/h3-7,10-11,13,19,30H,8-9,12,14H2,1-2H3,(H2,28,32)(H,29,31). The Bertz CT molecular complexity index is 1150. The lowest BCUT2D eigenvalue weighted by Crippen LogP contribution is -2.39. The number of carbonyl (C=O) groups is 2. The molecule has 2 aliphatic carbocycles. The van der Waals surface area contributed by atoms with Crippen molar-refractivity contribution in [2.45, 2.75) is 39.7 Å². The summed E-state index contributed by atoms with van der Waals surface area (Å²) in [7, 11) is 0. The molecular weight excluding hydrogens is 407 g/mol. The van der Waals surface area contributed by atoms with Crippen molar-refractivity contribution in [3.63, 3.8) is 0 Å². The zero-order chi connectivity index (χ0) is 23.0. The van der Waals surface area contributed by atoms with Crippen molar-refractivity contribution in [3.05, 3.63) is 82.2 Å². The van der Waals surface area contributed by atoms with Crippen molar-refractivity contribution in [2.75, 3.05) is 0 Å². The molecule has 4 N–H and O–H groups in total. The molecule has 2 aliphatic rings. The maximum atomic E-state index is 14.8. The SMILES string of the molecule is CC1=C(c2ccc(C(=O)NCc3ccc(C)cc3)cc2O)CC(C(N)=O)(C2CC2)C=C1F. The summed E-state index contributed by atoms with van der Waals surface area (Å²) in [6.45, 7) is 3.99. The lowest BCUT2D eigenvalue weighted by atomic mass is 9.70. The van der Waals surface area contributed by atoms with Crippen molar-refractivity contribution in [1.29, 1.82) is 0 Å². The third kappa shape index (κ3) is 4.05. The topological polar surface area (TPSA) is 92.4 Å². The van der Waals surface area contributed by atoms with E-state index >= 15 is 0 Å². The molecule has 2 aromatic carbocycles. The molecule has 32 heavy (non-hydrogen) atoms. The highest BCUT2D eigenvalue weighted by atomic mass is 19.1. The van der Waals surface area contributed by atoms with Crippen LogP contribution in [0.4, 0.5) is 4.39 Å². The molecule has 1 unspecified atom stereocenters.